The van der Waals surface area contributed by atoms with Crippen LogP contribution >= 0.6 is 0 Å². The van der Waals surface area contributed by atoms with Crippen LogP contribution in [-0.2, 0) is 35.2 Å². The molecule has 0 heterocycles. The number of nitrogens with zero attached hydrogens (tertiary/aromatic N) is 1. The second-order valence-electron chi connectivity index (χ2n) is 8.86. The van der Waals surface area contributed by atoms with Crippen LogP contribution in [0.4, 0.5) is 9.59 Å². The quantitative estimate of drug-likeness (QED) is 0.205. The van der Waals surface area contributed by atoms with Gasteiger partial charge < -0.3 is 30.0 Å². The lowest BCUT2D eigenvalue weighted by atomic mass is 10.1. The molecule has 0 fully saturated rings. The maximum Gasteiger partial charge on any atom is 0.411 e. The second-order valence-corrected chi connectivity index (χ2v) is 8.86. The fraction of sp³-hybridized carbons (Fsp3) is 0.542. The molecule has 0 aromatic heterocycles. The summed E-state index contributed by atoms with van der Waals surface area (Å²) in [5.74, 6) is -2.47. The highest BCUT2D eigenvalue weighted by Crippen LogP contribution is 2.10. The third-order valence-corrected chi connectivity index (χ3v) is 4.54. The van der Waals surface area contributed by atoms with Crippen molar-refractivity contribution in [2.75, 3.05) is 26.7 Å². The molecule has 12 nitrogen and oxygen atoms in total. The van der Waals surface area contributed by atoms with Crippen LogP contribution in [0.1, 0.15) is 45.6 Å². The van der Waals surface area contributed by atoms with Crippen molar-refractivity contribution in [2.24, 2.45) is 0 Å². The first-order valence-corrected chi connectivity index (χ1v) is 11.4. The van der Waals surface area contributed by atoms with E-state index in [9.17, 15) is 24.0 Å². The number of hydrogen-bond acceptors (Lipinski definition) is 8. The summed E-state index contributed by atoms with van der Waals surface area (Å²) in [5, 5.41) is 14.1. The maximum absolute atomic E-state index is 12.2. The molecule has 1 aromatic rings. The Morgan fingerprint density at radius 2 is 1.69 bits per heavy atom. The van der Waals surface area contributed by atoms with Crippen LogP contribution in [0.15, 0.2) is 30.3 Å². The van der Waals surface area contributed by atoms with Gasteiger partial charge >= 0.3 is 24.1 Å². The first-order chi connectivity index (χ1) is 16.9. The SMILES string of the molecule is COC(=O)[C@H](CCCCNC(=O)CN(CC(=O)O)C(=O)OC(C)(C)C)NC(=O)OCc1ccccc1. The summed E-state index contributed by atoms with van der Waals surface area (Å²) in [7, 11) is 1.21. The van der Waals surface area contributed by atoms with E-state index >= 15 is 0 Å². The number of carboxylic acid groups (broad SMARTS) is 1. The van der Waals surface area contributed by atoms with Crippen molar-refractivity contribution in [1.29, 1.82) is 0 Å². The minimum absolute atomic E-state index is 0.0504. The third-order valence-electron chi connectivity index (χ3n) is 4.54. The van der Waals surface area contributed by atoms with Crippen LogP contribution in [0.5, 0.6) is 0 Å². The van der Waals surface area contributed by atoms with Crippen LogP contribution in [0.3, 0.4) is 0 Å². The Balaban J connectivity index is 2.44. The van der Waals surface area contributed by atoms with E-state index in [0.29, 0.717) is 12.8 Å². The summed E-state index contributed by atoms with van der Waals surface area (Å²) >= 11 is 0. The molecular weight excluding hydrogens is 474 g/mol. The molecule has 0 aliphatic rings. The Bertz CT molecular complexity index is 885. The van der Waals surface area contributed by atoms with E-state index in [4.69, 9.17) is 19.3 Å². The molecule has 36 heavy (non-hydrogen) atoms. The predicted octanol–water partition coefficient (Wildman–Crippen LogP) is 2.06. The van der Waals surface area contributed by atoms with Gasteiger partial charge in [0.1, 0.15) is 31.3 Å². The van der Waals surface area contributed by atoms with Gasteiger partial charge in [-0.05, 0) is 45.6 Å². The summed E-state index contributed by atoms with van der Waals surface area (Å²) in [5.41, 5.74) is -0.0470. The van der Waals surface area contributed by atoms with E-state index in [1.54, 1.807) is 32.9 Å². The summed E-state index contributed by atoms with van der Waals surface area (Å²) < 4.78 is 15.0. The van der Waals surface area contributed by atoms with Crippen LogP contribution in [0, 0.1) is 0 Å². The molecule has 0 radical (unpaired) electrons. The highest BCUT2D eigenvalue weighted by atomic mass is 16.6. The van der Waals surface area contributed by atoms with Crippen molar-refractivity contribution < 1.29 is 43.3 Å². The largest absolute Gasteiger partial charge is 0.480 e. The summed E-state index contributed by atoms with van der Waals surface area (Å²) in [6.07, 6.45) is -0.532. The summed E-state index contributed by atoms with van der Waals surface area (Å²) in [4.78, 5) is 60.2. The molecule has 3 N–H and O–H groups in total. The number of rotatable bonds is 13. The first kappa shape index (κ1) is 30.2. The average Bonchev–Trinajstić information content (AvgIpc) is 2.80. The van der Waals surface area contributed by atoms with E-state index in [-0.39, 0.29) is 19.6 Å². The van der Waals surface area contributed by atoms with Gasteiger partial charge in [0, 0.05) is 6.54 Å². The van der Waals surface area contributed by atoms with Crippen LogP contribution in [0.2, 0.25) is 0 Å². The van der Waals surface area contributed by atoms with Crippen LogP contribution in [-0.4, -0.2) is 78.4 Å². The zero-order valence-corrected chi connectivity index (χ0v) is 21.1. The molecule has 200 valence electrons. The molecule has 0 saturated carbocycles. The van der Waals surface area contributed by atoms with Gasteiger partial charge in [0.05, 0.1) is 7.11 Å². The zero-order valence-electron chi connectivity index (χ0n) is 21.1. The standard InChI is InChI=1S/C24H35N3O9/c1-24(2,3)36-23(33)27(15-20(29)30)14-19(28)25-13-9-8-12-18(21(31)34-4)26-22(32)35-16-17-10-6-5-7-11-17/h5-7,10-11,18H,8-9,12-16H2,1-4H3,(H,25,28)(H,26,32)(H,29,30)/t18-/m0/s1. The highest BCUT2D eigenvalue weighted by Gasteiger charge is 2.26. The number of nitrogens with one attached hydrogen (secondary N) is 2. The molecule has 1 rings (SSSR count). The van der Waals surface area contributed by atoms with Crippen molar-refractivity contribution in [3.8, 4) is 0 Å². The molecule has 0 aliphatic carbocycles. The molecule has 0 unspecified atom stereocenters. The lowest BCUT2D eigenvalue weighted by Crippen LogP contribution is -2.45. The molecular formula is C24H35N3O9. The van der Waals surface area contributed by atoms with Crippen molar-refractivity contribution in [3.63, 3.8) is 0 Å². The average molecular weight is 510 g/mol. The molecule has 1 atom stereocenters. The number of aliphatic carboxylic acids is 1. The minimum atomic E-state index is -1.28. The fourth-order valence-corrected chi connectivity index (χ4v) is 2.90. The Labute approximate surface area is 210 Å². The number of amides is 3. The topological polar surface area (TPSA) is 161 Å². The third kappa shape index (κ3) is 13.2. The van der Waals surface area contributed by atoms with Gasteiger partial charge in [-0.25, -0.2) is 14.4 Å². The van der Waals surface area contributed by atoms with Gasteiger partial charge in [0.25, 0.3) is 0 Å². The normalized spacial score (nSPS) is 11.6. The van der Waals surface area contributed by atoms with E-state index in [0.717, 1.165) is 10.5 Å². The fourth-order valence-electron chi connectivity index (χ4n) is 2.90. The van der Waals surface area contributed by atoms with Gasteiger partial charge in [-0.1, -0.05) is 30.3 Å². The smallest absolute Gasteiger partial charge is 0.411 e. The lowest BCUT2D eigenvalue weighted by molar-refractivity contribution is -0.143. The molecule has 0 saturated heterocycles. The first-order valence-electron chi connectivity index (χ1n) is 11.4. The van der Waals surface area contributed by atoms with Crippen molar-refractivity contribution in [2.45, 2.75) is 58.3 Å². The Hall–Kier alpha value is -3.83. The van der Waals surface area contributed by atoms with E-state index in [2.05, 4.69) is 10.6 Å². The Kier molecular flexibility index (Phi) is 12.8. The maximum atomic E-state index is 12.2. The van der Waals surface area contributed by atoms with Crippen LogP contribution < -0.4 is 10.6 Å². The van der Waals surface area contributed by atoms with E-state index in [1.165, 1.54) is 7.11 Å². The summed E-state index contributed by atoms with van der Waals surface area (Å²) in [6.45, 7) is 3.97. The summed E-state index contributed by atoms with van der Waals surface area (Å²) in [6, 6.07) is 8.14. The van der Waals surface area contributed by atoms with Gasteiger partial charge in [-0.15, -0.1) is 0 Å². The number of alkyl carbamates (subject to hydrolysis) is 1. The highest BCUT2D eigenvalue weighted by molar-refractivity contribution is 5.85. The van der Waals surface area contributed by atoms with E-state index < -0.39 is 54.8 Å². The number of hydrogen-bond donors (Lipinski definition) is 3. The molecule has 3 amide bonds. The van der Waals surface area contributed by atoms with Gasteiger partial charge in [0.15, 0.2) is 0 Å². The monoisotopic (exact) mass is 509 g/mol. The van der Waals surface area contributed by atoms with Crippen molar-refractivity contribution in [3.05, 3.63) is 35.9 Å². The molecule has 1 aromatic carbocycles. The number of benzene rings is 1. The molecule has 12 heteroatoms. The van der Waals surface area contributed by atoms with Crippen molar-refractivity contribution in [1.82, 2.24) is 15.5 Å². The number of carbonyl (C=O) groups is 5. The number of methoxy groups -OCH3 is 1. The van der Waals surface area contributed by atoms with Gasteiger partial charge in [0.2, 0.25) is 5.91 Å². The number of esters is 1. The van der Waals surface area contributed by atoms with Gasteiger partial charge in [-0.2, -0.15) is 0 Å². The second kappa shape index (κ2) is 15.2. The van der Waals surface area contributed by atoms with Crippen molar-refractivity contribution >= 4 is 30.0 Å². The van der Waals surface area contributed by atoms with Gasteiger partial charge in [-0.3, -0.25) is 14.5 Å². The molecule has 0 aliphatic heterocycles. The minimum Gasteiger partial charge on any atom is -0.480 e. The molecule has 0 bridgehead atoms. The Morgan fingerprint density at radius 1 is 1.03 bits per heavy atom. The number of carbonyl (C=O) groups excluding carboxylic acids is 4. The lowest BCUT2D eigenvalue weighted by Gasteiger charge is -2.26. The van der Waals surface area contributed by atoms with Crippen LogP contribution in [0.25, 0.3) is 0 Å². The molecule has 0 spiro atoms. The predicted molar refractivity (Wildman–Crippen MR) is 128 cm³/mol. The van der Waals surface area contributed by atoms with E-state index in [1.807, 2.05) is 18.2 Å². The number of unbranched alkanes of at least 4 members (excludes halogenated alkanes) is 1. The zero-order chi connectivity index (χ0) is 27.1. The number of ether oxygens (including phenoxy) is 3. The number of carboxylic acids is 1. The Morgan fingerprint density at radius 3 is 2.28 bits per heavy atom.